The lowest BCUT2D eigenvalue weighted by molar-refractivity contribution is 0.0217. The minimum Gasteiger partial charge on any atom is -0.329 e. The van der Waals surface area contributed by atoms with E-state index in [-0.39, 0.29) is 0 Å². The van der Waals surface area contributed by atoms with Gasteiger partial charge in [-0.1, -0.05) is 26.7 Å². The third-order valence-electron chi connectivity index (χ3n) is 4.92. The van der Waals surface area contributed by atoms with Crippen molar-refractivity contribution in [3.8, 4) is 0 Å². The van der Waals surface area contributed by atoms with Crippen molar-refractivity contribution in [2.24, 2.45) is 17.6 Å². The van der Waals surface area contributed by atoms with Gasteiger partial charge in [0, 0.05) is 12.1 Å². The van der Waals surface area contributed by atoms with Gasteiger partial charge in [-0.25, -0.2) is 0 Å². The summed E-state index contributed by atoms with van der Waals surface area (Å²) in [4.78, 5) is 2.76. The standard InChI is InChI=1S/C15H30N2/c1-13-9-14(2)11-15(10-13,12-16)17-7-5-3-4-6-8-17/h13-14H,3-12,16H2,1-2H3. The lowest BCUT2D eigenvalue weighted by atomic mass is 9.70. The van der Waals surface area contributed by atoms with Gasteiger partial charge < -0.3 is 5.73 Å². The molecule has 0 aromatic heterocycles. The summed E-state index contributed by atoms with van der Waals surface area (Å²) in [5.41, 5.74) is 6.54. The van der Waals surface area contributed by atoms with Crippen LogP contribution in [-0.2, 0) is 0 Å². The molecule has 1 saturated carbocycles. The van der Waals surface area contributed by atoms with Gasteiger partial charge in [-0.05, 0) is 57.0 Å². The van der Waals surface area contributed by atoms with Crippen LogP contribution in [0.3, 0.4) is 0 Å². The smallest absolute Gasteiger partial charge is 0.0336 e. The van der Waals surface area contributed by atoms with Gasteiger partial charge in [0.1, 0.15) is 0 Å². The van der Waals surface area contributed by atoms with Crippen molar-refractivity contribution in [1.82, 2.24) is 4.90 Å². The van der Waals surface area contributed by atoms with E-state index in [1.54, 1.807) is 0 Å². The van der Waals surface area contributed by atoms with Crippen LogP contribution in [0.15, 0.2) is 0 Å². The molecule has 17 heavy (non-hydrogen) atoms. The minimum atomic E-state index is 0.335. The maximum absolute atomic E-state index is 6.20. The van der Waals surface area contributed by atoms with Crippen molar-refractivity contribution in [1.29, 1.82) is 0 Å². The average molecular weight is 238 g/mol. The largest absolute Gasteiger partial charge is 0.329 e. The molecular weight excluding hydrogens is 208 g/mol. The van der Waals surface area contributed by atoms with Crippen LogP contribution < -0.4 is 5.73 Å². The quantitative estimate of drug-likeness (QED) is 0.801. The summed E-state index contributed by atoms with van der Waals surface area (Å²) in [5.74, 6) is 1.70. The minimum absolute atomic E-state index is 0.335. The van der Waals surface area contributed by atoms with Crippen molar-refractivity contribution in [2.45, 2.75) is 64.3 Å². The Morgan fingerprint density at radius 3 is 2.00 bits per heavy atom. The average Bonchev–Trinajstić information content (AvgIpc) is 2.56. The Bertz CT molecular complexity index is 221. The molecule has 2 rings (SSSR count). The van der Waals surface area contributed by atoms with Crippen LogP contribution in [0.2, 0.25) is 0 Å². The van der Waals surface area contributed by atoms with Gasteiger partial charge in [0.25, 0.3) is 0 Å². The molecule has 2 nitrogen and oxygen atoms in total. The first-order valence-corrected chi connectivity index (χ1v) is 7.61. The lowest BCUT2D eigenvalue weighted by Crippen LogP contribution is -2.57. The molecule has 0 spiro atoms. The SMILES string of the molecule is CC1CC(C)CC(CN)(N2CCCCCC2)C1. The first-order chi connectivity index (χ1) is 8.16. The van der Waals surface area contributed by atoms with E-state index in [1.165, 1.54) is 58.0 Å². The fourth-order valence-corrected chi connectivity index (χ4v) is 4.33. The summed E-state index contributed by atoms with van der Waals surface area (Å²) in [5, 5.41) is 0. The number of hydrogen-bond acceptors (Lipinski definition) is 2. The number of nitrogens with zero attached hydrogens (tertiary/aromatic N) is 1. The van der Waals surface area contributed by atoms with E-state index in [0.717, 1.165) is 18.4 Å². The Balaban J connectivity index is 2.10. The normalized spacial score (nSPS) is 41.1. The highest BCUT2D eigenvalue weighted by Crippen LogP contribution is 2.40. The topological polar surface area (TPSA) is 29.3 Å². The Kier molecular flexibility index (Phi) is 4.48. The molecule has 0 bridgehead atoms. The van der Waals surface area contributed by atoms with Crippen LogP contribution in [-0.4, -0.2) is 30.1 Å². The van der Waals surface area contributed by atoms with Crippen molar-refractivity contribution in [3.05, 3.63) is 0 Å². The zero-order valence-electron chi connectivity index (χ0n) is 11.8. The number of likely N-dealkylation sites (tertiary alicyclic amines) is 1. The lowest BCUT2D eigenvalue weighted by Gasteiger charge is -2.49. The van der Waals surface area contributed by atoms with Crippen LogP contribution >= 0.6 is 0 Å². The number of hydrogen-bond donors (Lipinski definition) is 1. The van der Waals surface area contributed by atoms with E-state index >= 15 is 0 Å². The van der Waals surface area contributed by atoms with E-state index in [9.17, 15) is 0 Å². The van der Waals surface area contributed by atoms with E-state index < -0.39 is 0 Å². The molecule has 1 aliphatic heterocycles. The predicted octanol–water partition coefficient (Wildman–Crippen LogP) is 3.02. The monoisotopic (exact) mass is 238 g/mol. The predicted molar refractivity (Wildman–Crippen MR) is 74.0 cm³/mol. The molecule has 0 aromatic rings. The summed E-state index contributed by atoms with van der Waals surface area (Å²) >= 11 is 0. The summed E-state index contributed by atoms with van der Waals surface area (Å²) in [7, 11) is 0. The maximum atomic E-state index is 6.20. The van der Waals surface area contributed by atoms with E-state index in [1.807, 2.05) is 0 Å². The fourth-order valence-electron chi connectivity index (χ4n) is 4.33. The molecule has 2 N–H and O–H groups in total. The molecule has 1 heterocycles. The Morgan fingerprint density at radius 1 is 1.00 bits per heavy atom. The number of nitrogens with two attached hydrogens (primary N) is 1. The van der Waals surface area contributed by atoms with Crippen molar-refractivity contribution in [2.75, 3.05) is 19.6 Å². The van der Waals surface area contributed by atoms with Crippen LogP contribution in [0.25, 0.3) is 0 Å². The van der Waals surface area contributed by atoms with Crippen LogP contribution in [0.1, 0.15) is 58.8 Å². The summed E-state index contributed by atoms with van der Waals surface area (Å²) in [6, 6.07) is 0. The zero-order valence-corrected chi connectivity index (χ0v) is 11.8. The molecule has 1 aliphatic carbocycles. The number of rotatable bonds is 2. The summed E-state index contributed by atoms with van der Waals surface area (Å²) in [6.07, 6.45) is 9.65. The molecule has 100 valence electrons. The molecule has 0 aromatic carbocycles. The van der Waals surface area contributed by atoms with Crippen molar-refractivity contribution < 1.29 is 0 Å². The first kappa shape index (κ1) is 13.4. The second-order valence-electron chi connectivity index (χ2n) is 6.68. The van der Waals surface area contributed by atoms with Crippen molar-refractivity contribution in [3.63, 3.8) is 0 Å². The van der Waals surface area contributed by atoms with E-state index in [4.69, 9.17) is 5.73 Å². The Morgan fingerprint density at radius 2 is 1.53 bits per heavy atom. The molecular formula is C15H30N2. The fraction of sp³-hybridized carbons (Fsp3) is 1.00. The zero-order chi connectivity index (χ0) is 12.3. The Labute approximate surface area is 107 Å². The molecule has 1 saturated heterocycles. The molecule has 0 amide bonds. The molecule has 2 aliphatic rings. The van der Waals surface area contributed by atoms with Gasteiger partial charge >= 0.3 is 0 Å². The van der Waals surface area contributed by atoms with Gasteiger partial charge in [0.05, 0.1) is 0 Å². The highest BCUT2D eigenvalue weighted by Gasteiger charge is 2.41. The van der Waals surface area contributed by atoms with Crippen LogP contribution in [0.5, 0.6) is 0 Å². The van der Waals surface area contributed by atoms with Gasteiger partial charge in [-0.15, -0.1) is 0 Å². The van der Waals surface area contributed by atoms with Gasteiger partial charge in [0.2, 0.25) is 0 Å². The first-order valence-electron chi connectivity index (χ1n) is 7.61. The summed E-state index contributed by atoms with van der Waals surface area (Å²) in [6.45, 7) is 8.27. The third kappa shape index (κ3) is 3.03. The van der Waals surface area contributed by atoms with Gasteiger partial charge in [-0.2, -0.15) is 0 Å². The molecule has 2 unspecified atom stereocenters. The molecule has 2 atom stereocenters. The summed E-state index contributed by atoms with van der Waals surface area (Å²) < 4.78 is 0. The van der Waals surface area contributed by atoms with Gasteiger partial charge in [-0.3, -0.25) is 4.90 Å². The molecule has 0 radical (unpaired) electrons. The third-order valence-corrected chi connectivity index (χ3v) is 4.92. The van der Waals surface area contributed by atoms with Gasteiger partial charge in [0.15, 0.2) is 0 Å². The molecule has 2 heteroatoms. The Hall–Kier alpha value is -0.0800. The second-order valence-corrected chi connectivity index (χ2v) is 6.68. The highest BCUT2D eigenvalue weighted by molar-refractivity contribution is 4.98. The van der Waals surface area contributed by atoms with Crippen LogP contribution in [0, 0.1) is 11.8 Å². The van der Waals surface area contributed by atoms with Crippen molar-refractivity contribution >= 4 is 0 Å². The van der Waals surface area contributed by atoms with Crippen LogP contribution in [0.4, 0.5) is 0 Å². The molecule has 2 fully saturated rings. The highest BCUT2D eigenvalue weighted by atomic mass is 15.2. The van der Waals surface area contributed by atoms with E-state index in [2.05, 4.69) is 18.7 Å². The maximum Gasteiger partial charge on any atom is 0.0336 e. The van der Waals surface area contributed by atoms with E-state index in [0.29, 0.717) is 5.54 Å². The second kappa shape index (κ2) is 5.71.